The highest BCUT2D eigenvalue weighted by molar-refractivity contribution is 6.15. The summed E-state index contributed by atoms with van der Waals surface area (Å²) in [5.74, 6) is 0.674. The van der Waals surface area contributed by atoms with Crippen molar-refractivity contribution in [1.82, 2.24) is 10.3 Å². The summed E-state index contributed by atoms with van der Waals surface area (Å²) in [5, 5.41) is 6.12. The number of fused-ring (bicyclic) bond motifs is 3. The molecule has 0 saturated heterocycles. The van der Waals surface area contributed by atoms with Crippen LogP contribution in [-0.4, -0.2) is 17.5 Å². The van der Waals surface area contributed by atoms with Crippen molar-refractivity contribution in [3.63, 3.8) is 0 Å². The van der Waals surface area contributed by atoms with Crippen LogP contribution in [0.25, 0.3) is 21.7 Å². The predicted octanol–water partition coefficient (Wildman–Crippen LogP) is 4.72. The standard InChI is InChI=1S/C23H20N2O2/c1-2-27-18-9-5-7-16(13-18)15-25-23(26)21-14-17-8-3-4-10-19(17)20-11-6-12-24-22(20)21/h3-14H,2,15H2,1H3,(H,25,26). The Morgan fingerprint density at radius 1 is 1.00 bits per heavy atom. The molecule has 0 spiro atoms. The smallest absolute Gasteiger partial charge is 0.253 e. The van der Waals surface area contributed by atoms with E-state index in [4.69, 9.17) is 4.74 Å². The van der Waals surface area contributed by atoms with Gasteiger partial charge in [0.25, 0.3) is 5.91 Å². The number of amides is 1. The number of pyridine rings is 1. The summed E-state index contributed by atoms with van der Waals surface area (Å²) in [6.07, 6.45) is 1.72. The van der Waals surface area contributed by atoms with Crippen molar-refractivity contribution in [2.75, 3.05) is 6.61 Å². The van der Waals surface area contributed by atoms with E-state index in [0.717, 1.165) is 33.0 Å². The second-order valence-electron chi connectivity index (χ2n) is 6.31. The summed E-state index contributed by atoms with van der Waals surface area (Å²) in [5.41, 5.74) is 2.30. The number of carbonyl (C=O) groups is 1. The number of rotatable bonds is 5. The quantitative estimate of drug-likeness (QED) is 0.527. The first-order valence-electron chi connectivity index (χ1n) is 9.02. The number of aromatic nitrogens is 1. The Morgan fingerprint density at radius 2 is 1.85 bits per heavy atom. The van der Waals surface area contributed by atoms with Crippen molar-refractivity contribution in [3.8, 4) is 5.75 Å². The third-order valence-corrected chi connectivity index (χ3v) is 4.52. The molecular formula is C23H20N2O2. The Morgan fingerprint density at radius 3 is 2.74 bits per heavy atom. The molecule has 3 aromatic carbocycles. The van der Waals surface area contributed by atoms with Crippen molar-refractivity contribution in [2.45, 2.75) is 13.5 Å². The average molecular weight is 356 g/mol. The number of benzene rings is 3. The molecule has 0 saturated carbocycles. The van der Waals surface area contributed by atoms with Crippen LogP contribution in [0, 0.1) is 0 Å². The molecule has 0 radical (unpaired) electrons. The molecule has 0 unspecified atom stereocenters. The highest BCUT2D eigenvalue weighted by Gasteiger charge is 2.14. The van der Waals surface area contributed by atoms with Crippen molar-refractivity contribution < 1.29 is 9.53 Å². The molecule has 134 valence electrons. The lowest BCUT2D eigenvalue weighted by Gasteiger charge is -2.11. The second-order valence-corrected chi connectivity index (χ2v) is 6.31. The molecule has 0 bridgehead atoms. The van der Waals surface area contributed by atoms with Crippen molar-refractivity contribution >= 4 is 27.6 Å². The predicted molar refractivity (Wildman–Crippen MR) is 108 cm³/mol. The Labute approximate surface area is 157 Å². The number of ether oxygens (including phenoxy) is 1. The second kappa shape index (κ2) is 7.46. The maximum atomic E-state index is 12.9. The number of hydrogen-bond donors (Lipinski definition) is 1. The van der Waals surface area contributed by atoms with E-state index in [1.165, 1.54) is 0 Å². The highest BCUT2D eigenvalue weighted by atomic mass is 16.5. The van der Waals surface area contributed by atoms with E-state index in [1.54, 1.807) is 6.20 Å². The fourth-order valence-electron chi connectivity index (χ4n) is 3.29. The van der Waals surface area contributed by atoms with Crippen LogP contribution in [0.3, 0.4) is 0 Å². The molecule has 0 fully saturated rings. The van der Waals surface area contributed by atoms with E-state index in [0.29, 0.717) is 18.7 Å². The zero-order valence-electron chi connectivity index (χ0n) is 15.1. The summed E-state index contributed by atoms with van der Waals surface area (Å²) in [4.78, 5) is 17.4. The first-order valence-corrected chi connectivity index (χ1v) is 9.02. The Kier molecular flexibility index (Phi) is 4.71. The highest BCUT2D eigenvalue weighted by Crippen LogP contribution is 2.27. The largest absolute Gasteiger partial charge is 0.494 e. The van der Waals surface area contributed by atoms with Crippen LogP contribution < -0.4 is 10.1 Å². The third-order valence-electron chi connectivity index (χ3n) is 4.52. The van der Waals surface area contributed by atoms with Gasteiger partial charge < -0.3 is 10.1 Å². The Bertz CT molecular complexity index is 1120. The number of nitrogens with zero attached hydrogens (tertiary/aromatic N) is 1. The van der Waals surface area contributed by atoms with Gasteiger partial charge >= 0.3 is 0 Å². The minimum absolute atomic E-state index is 0.133. The zero-order valence-corrected chi connectivity index (χ0v) is 15.1. The van der Waals surface area contributed by atoms with Crippen LogP contribution in [0.2, 0.25) is 0 Å². The SMILES string of the molecule is CCOc1cccc(CNC(=O)c2cc3ccccc3c3cccnc23)c1. The molecule has 1 heterocycles. The van der Waals surface area contributed by atoms with E-state index in [-0.39, 0.29) is 5.91 Å². The maximum absolute atomic E-state index is 12.9. The van der Waals surface area contributed by atoms with E-state index in [1.807, 2.05) is 67.6 Å². The summed E-state index contributed by atoms with van der Waals surface area (Å²) in [7, 11) is 0. The normalized spacial score (nSPS) is 10.9. The summed E-state index contributed by atoms with van der Waals surface area (Å²) in [6.45, 7) is 3.00. The average Bonchev–Trinajstić information content (AvgIpc) is 2.72. The maximum Gasteiger partial charge on any atom is 0.253 e. The first-order chi connectivity index (χ1) is 13.3. The lowest BCUT2D eigenvalue weighted by atomic mass is 10.0. The molecule has 1 aromatic heterocycles. The topological polar surface area (TPSA) is 51.2 Å². The van der Waals surface area contributed by atoms with Crippen LogP contribution in [0.1, 0.15) is 22.8 Å². The molecule has 0 atom stereocenters. The fourth-order valence-corrected chi connectivity index (χ4v) is 3.29. The molecule has 4 heteroatoms. The fraction of sp³-hybridized carbons (Fsp3) is 0.130. The van der Waals surface area contributed by atoms with Gasteiger partial charge in [0.1, 0.15) is 5.75 Å². The summed E-state index contributed by atoms with van der Waals surface area (Å²) < 4.78 is 5.52. The zero-order chi connectivity index (χ0) is 18.6. The van der Waals surface area contributed by atoms with Gasteiger partial charge in [0.15, 0.2) is 0 Å². The van der Waals surface area contributed by atoms with Crippen LogP contribution in [-0.2, 0) is 6.54 Å². The van der Waals surface area contributed by atoms with Crippen molar-refractivity contribution in [1.29, 1.82) is 0 Å². The monoisotopic (exact) mass is 356 g/mol. The number of nitrogens with one attached hydrogen (secondary N) is 1. The molecule has 1 N–H and O–H groups in total. The van der Waals surface area contributed by atoms with Crippen LogP contribution in [0.4, 0.5) is 0 Å². The van der Waals surface area contributed by atoms with Gasteiger partial charge in [0, 0.05) is 18.1 Å². The van der Waals surface area contributed by atoms with Gasteiger partial charge in [-0.3, -0.25) is 9.78 Å². The third kappa shape index (κ3) is 3.47. The number of hydrogen-bond acceptors (Lipinski definition) is 3. The Balaban J connectivity index is 1.65. The van der Waals surface area contributed by atoms with Gasteiger partial charge in [-0.15, -0.1) is 0 Å². The first kappa shape index (κ1) is 17.0. The van der Waals surface area contributed by atoms with E-state index in [2.05, 4.69) is 16.4 Å². The van der Waals surface area contributed by atoms with Gasteiger partial charge in [0.2, 0.25) is 0 Å². The molecule has 0 aliphatic carbocycles. The lowest BCUT2D eigenvalue weighted by molar-refractivity contribution is 0.0952. The van der Waals surface area contributed by atoms with E-state index < -0.39 is 0 Å². The molecule has 4 nitrogen and oxygen atoms in total. The lowest BCUT2D eigenvalue weighted by Crippen LogP contribution is -2.23. The molecular weight excluding hydrogens is 336 g/mol. The molecule has 4 rings (SSSR count). The van der Waals surface area contributed by atoms with Crippen LogP contribution in [0.15, 0.2) is 72.9 Å². The molecule has 27 heavy (non-hydrogen) atoms. The van der Waals surface area contributed by atoms with Crippen molar-refractivity contribution in [3.05, 3.63) is 84.1 Å². The molecule has 0 aliphatic rings. The van der Waals surface area contributed by atoms with E-state index >= 15 is 0 Å². The van der Waals surface area contributed by atoms with Gasteiger partial charge in [-0.05, 0) is 47.5 Å². The van der Waals surface area contributed by atoms with Gasteiger partial charge in [-0.2, -0.15) is 0 Å². The van der Waals surface area contributed by atoms with Gasteiger partial charge in [-0.25, -0.2) is 0 Å². The summed E-state index contributed by atoms with van der Waals surface area (Å²) >= 11 is 0. The van der Waals surface area contributed by atoms with Crippen LogP contribution in [0.5, 0.6) is 5.75 Å². The molecule has 1 amide bonds. The minimum Gasteiger partial charge on any atom is -0.494 e. The number of carbonyl (C=O) groups excluding carboxylic acids is 1. The van der Waals surface area contributed by atoms with Gasteiger partial charge in [0.05, 0.1) is 17.7 Å². The Hall–Kier alpha value is -3.40. The van der Waals surface area contributed by atoms with Gasteiger partial charge in [-0.1, -0.05) is 42.5 Å². The molecule has 4 aromatic rings. The van der Waals surface area contributed by atoms with Crippen molar-refractivity contribution in [2.24, 2.45) is 0 Å². The van der Waals surface area contributed by atoms with Crippen LogP contribution >= 0.6 is 0 Å². The summed E-state index contributed by atoms with van der Waals surface area (Å²) in [6, 6.07) is 21.6. The minimum atomic E-state index is -0.133. The van der Waals surface area contributed by atoms with E-state index in [9.17, 15) is 4.79 Å². The molecule has 0 aliphatic heterocycles.